The van der Waals surface area contributed by atoms with E-state index in [1.54, 1.807) is 12.3 Å². The molecule has 0 fully saturated rings. The first-order chi connectivity index (χ1) is 15.0. The number of aromatic nitrogens is 1. The molecule has 1 aromatic rings. The van der Waals surface area contributed by atoms with Gasteiger partial charge in [-0.1, -0.05) is 90.9 Å². The molecule has 0 aliphatic rings. The van der Waals surface area contributed by atoms with Crippen molar-refractivity contribution in [2.75, 3.05) is 0 Å². The van der Waals surface area contributed by atoms with Gasteiger partial charge in [0.15, 0.2) is 0 Å². The summed E-state index contributed by atoms with van der Waals surface area (Å²) in [6.45, 7) is 5.95. The summed E-state index contributed by atoms with van der Waals surface area (Å²) in [5.74, 6) is -1.42. The Labute approximate surface area is 201 Å². The first-order valence-corrected chi connectivity index (χ1v) is 12.3. The van der Waals surface area contributed by atoms with Gasteiger partial charge in [0, 0.05) is 24.7 Å². The number of ether oxygens (including phenoxy) is 1. The molecular weight excluding hydrogens is 426 g/mol. The Morgan fingerprint density at radius 3 is 1.91 bits per heavy atom. The molecule has 2 atom stereocenters. The van der Waals surface area contributed by atoms with Gasteiger partial charge in [0.25, 0.3) is 0 Å². The van der Waals surface area contributed by atoms with Crippen molar-refractivity contribution in [2.45, 2.75) is 123 Å². The van der Waals surface area contributed by atoms with Crippen molar-refractivity contribution in [2.24, 2.45) is 0 Å². The lowest BCUT2D eigenvalue weighted by atomic mass is 9.93. The highest BCUT2D eigenvalue weighted by molar-refractivity contribution is 5.89. The summed E-state index contributed by atoms with van der Waals surface area (Å²) in [5.41, 5.74) is 0.804. The Morgan fingerprint density at radius 2 is 1.41 bits per heavy atom. The number of carboxylic acids is 1. The smallest absolute Gasteiger partial charge is 0.337 e. The minimum atomic E-state index is -1.01. The largest absolute Gasteiger partial charge is 0.478 e. The van der Waals surface area contributed by atoms with Crippen LogP contribution in [0.5, 0.6) is 0 Å². The number of esters is 1. The van der Waals surface area contributed by atoms with Crippen molar-refractivity contribution in [1.29, 1.82) is 0 Å². The lowest BCUT2D eigenvalue weighted by molar-refractivity contribution is -0.149. The number of carbonyl (C=O) groups excluding carboxylic acids is 1. The Balaban J connectivity index is 0.00000961. The fraction of sp³-hybridized carbons (Fsp3) is 0.731. The molecule has 0 amide bonds. The number of carbonyl (C=O) groups is 2. The molecule has 184 valence electrons. The fourth-order valence-corrected chi connectivity index (χ4v) is 3.89. The van der Waals surface area contributed by atoms with Crippen molar-refractivity contribution >= 4 is 24.3 Å². The van der Waals surface area contributed by atoms with Crippen molar-refractivity contribution in [3.63, 3.8) is 0 Å². The lowest BCUT2D eigenvalue weighted by Gasteiger charge is -2.22. The minimum Gasteiger partial charge on any atom is -0.478 e. The lowest BCUT2D eigenvalue weighted by Crippen LogP contribution is -2.22. The molecule has 0 saturated heterocycles. The fourth-order valence-electron chi connectivity index (χ4n) is 3.89. The van der Waals surface area contributed by atoms with Crippen LogP contribution in [0.1, 0.15) is 133 Å². The molecule has 1 N–H and O–H groups in total. The Bertz CT molecular complexity index is 638. The van der Waals surface area contributed by atoms with Gasteiger partial charge in [-0.3, -0.25) is 9.78 Å². The number of halogens is 1. The van der Waals surface area contributed by atoms with Gasteiger partial charge in [-0.15, -0.1) is 12.4 Å². The van der Waals surface area contributed by atoms with E-state index in [4.69, 9.17) is 4.74 Å². The predicted octanol–water partition coefficient (Wildman–Crippen LogP) is 7.72. The van der Waals surface area contributed by atoms with Gasteiger partial charge in [0.05, 0.1) is 5.56 Å². The first kappa shape index (κ1) is 30.4. The van der Waals surface area contributed by atoms with E-state index in [2.05, 4.69) is 11.9 Å². The summed E-state index contributed by atoms with van der Waals surface area (Å²) < 4.78 is 5.56. The van der Waals surface area contributed by atoms with Crippen molar-refractivity contribution in [1.82, 2.24) is 4.98 Å². The van der Waals surface area contributed by atoms with Gasteiger partial charge in [0.1, 0.15) is 6.10 Å². The number of carboxylic acid groups (broad SMARTS) is 1. The molecule has 2 unspecified atom stereocenters. The van der Waals surface area contributed by atoms with Crippen molar-refractivity contribution < 1.29 is 19.4 Å². The molecule has 1 rings (SSSR count). The van der Waals surface area contributed by atoms with Crippen molar-refractivity contribution in [3.05, 3.63) is 29.6 Å². The quantitative estimate of drug-likeness (QED) is 0.176. The minimum absolute atomic E-state index is 0. The summed E-state index contributed by atoms with van der Waals surface area (Å²) in [6.07, 6.45) is 19.5. The maximum absolute atomic E-state index is 12.2. The molecule has 6 heteroatoms. The Morgan fingerprint density at radius 1 is 0.906 bits per heavy atom. The van der Waals surface area contributed by atoms with Crippen LogP contribution in [-0.4, -0.2) is 28.1 Å². The van der Waals surface area contributed by atoms with Crippen LogP contribution in [0.25, 0.3) is 0 Å². The summed E-state index contributed by atoms with van der Waals surface area (Å²) in [6, 6.07) is 1.69. The van der Waals surface area contributed by atoms with Gasteiger partial charge in [-0.2, -0.15) is 0 Å². The number of nitrogens with zero attached hydrogens (tertiary/aromatic N) is 1. The average Bonchev–Trinajstić information content (AvgIpc) is 2.76. The third-order valence-corrected chi connectivity index (χ3v) is 6.08. The van der Waals surface area contributed by atoms with E-state index in [1.165, 1.54) is 76.8 Å². The molecule has 1 aromatic heterocycles. The van der Waals surface area contributed by atoms with Crippen LogP contribution >= 0.6 is 12.4 Å². The molecule has 0 spiro atoms. The normalized spacial score (nSPS) is 12.6. The highest BCUT2D eigenvalue weighted by atomic mass is 35.5. The molecule has 0 saturated carbocycles. The number of hydrogen-bond donors (Lipinski definition) is 1. The Hall–Kier alpha value is -1.62. The molecule has 0 aromatic carbocycles. The second kappa shape index (κ2) is 18.9. The van der Waals surface area contributed by atoms with Gasteiger partial charge in [0.2, 0.25) is 0 Å². The topological polar surface area (TPSA) is 76.5 Å². The summed E-state index contributed by atoms with van der Waals surface area (Å²) in [7, 11) is 0. The van der Waals surface area contributed by atoms with E-state index in [0.29, 0.717) is 12.0 Å². The molecule has 0 aliphatic carbocycles. The zero-order valence-corrected chi connectivity index (χ0v) is 21.1. The van der Waals surface area contributed by atoms with Gasteiger partial charge in [-0.25, -0.2) is 4.79 Å². The van der Waals surface area contributed by atoms with E-state index in [9.17, 15) is 14.7 Å². The highest BCUT2D eigenvalue weighted by Gasteiger charge is 2.23. The number of rotatable bonds is 18. The van der Waals surface area contributed by atoms with Crippen LogP contribution in [0.15, 0.2) is 18.5 Å². The van der Waals surface area contributed by atoms with Crippen LogP contribution in [0.4, 0.5) is 0 Å². The van der Waals surface area contributed by atoms with Gasteiger partial charge in [-0.05, 0) is 25.0 Å². The van der Waals surface area contributed by atoms with E-state index in [-0.39, 0.29) is 36.0 Å². The zero-order valence-electron chi connectivity index (χ0n) is 20.3. The van der Waals surface area contributed by atoms with Gasteiger partial charge >= 0.3 is 11.9 Å². The first-order valence-electron chi connectivity index (χ1n) is 12.3. The highest BCUT2D eigenvalue weighted by Crippen LogP contribution is 2.25. The van der Waals surface area contributed by atoms with E-state index in [0.717, 1.165) is 12.8 Å². The number of hydrogen-bond acceptors (Lipinski definition) is 4. The van der Waals surface area contributed by atoms with E-state index < -0.39 is 5.97 Å². The third-order valence-electron chi connectivity index (χ3n) is 6.08. The molecule has 0 aliphatic heterocycles. The summed E-state index contributed by atoms with van der Waals surface area (Å²) in [4.78, 5) is 27.4. The maximum Gasteiger partial charge on any atom is 0.337 e. The molecule has 0 radical (unpaired) electrons. The molecule has 0 bridgehead atoms. The second-order valence-corrected chi connectivity index (χ2v) is 8.74. The van der Waals surface area contributed by atoms with Crippen LogP contribution in [-0.2, 0) is 9.53 Å². The molecule has 5 nitrogen and oxygen atoms in total. The molecular formula is C26H44ClNO4. The average molecular weight is 470 g/mol. The van der Waals surface area contributed by atoms with Crippen LogP contribution in [0.3, 0.4) is 0 Å². The maximum atomic E-state index is 12.2. The predicted molar refractivity (Wildman–Crippen MR) is 133 cm³/mol. The number of aromatic carboxylic acids is 1. The van der Waals surface area contributed by atoms with Crippen molar-refractivity contribution in [3.8, 4) is 0 Å². The van der Waals surface area contributed by atoms with E-state index in [1.807, 2.05) is 13.8 Å². The molecule has 32 heavy (non-hydrogen) atoms. The second-order valence-electron chi connectivity index (χ2n) is 8.74. The van der Waals surface area contributed by atoms with Crippen LogP contribution in [0.2, 0.25) is 0 Å². The van der Waals surface area contributed by atoms with Crippen LogP contribution < -0.4 is 0 Å². The monoisotopic (exact) mass is 469 g/mol. The number of pyridine rings is 1. The third kappa shape index (κ3) is 13.0. The van der Waals surface area contributed by atoms with Crippen LogP contribution in [0, 0.1) is 0 Å². The summed E-state index contributed by atoms with van der Waals surface area (Å²) >= 11 is 0. The van der Waals surface area contributed by atoms with Gasteiger partial charge < -0.3 is 9.84 Å². The summed E-state index contributed by atoms with van der Waals surface area (Å²) in [5, 5.41) is 9.32. The standard InChI is InChI=1S/C26H43NO4.ClH/c1-4-5-6-7-8-9-10-11-12-13-14-15-16-17-25(28)31-22(3)21(2)23-18-19-27-20-24(23)26(29)30;/h18-22H,4-17H2,1-3H3,(H,29,30);1H. The SMILES string of the molecule is CCCCCCCCCCCCCCCC(=O)OC(C)C(C)c1ccncc1C(=O)O.Cl. The molecule has 1 heterocycles. The number of unbranched alkanes of at least 4 members (excludes halogenated alkanes) is 12. The Kier molecular flexibility index (Phi) is 17.9. The zero-order chi connectivity index (χ0) is 22.9. The van der Waals surface area contributed by atoms with E-state index >= 15 is 0 Å².